The van der Waals surface area contributed by atoms with Crippen LogP contribution in [0.1, 0.15) is 37.7 Å². The summed E-state index contributed by atoms with van der Waals surface area (Å²) >= 11 is 0. The maximum atomic E-state index is 8.98. The van der Waals surface area contributed by atoms with E-state index in [9.17, 15) is 0 Å². The van der Waals surface area contributed by atoms with E-state index in [1.165, 1.54) is 5.56 Å². The highest BCUT2D eigenvalue weighted by molar-refractivity contribution is 5.38. The van der Waals surface area contributed by atoms with E-state index in [1.807, 2.05) is 12.1 Å². The maximum absolute atomic E-state index is 8.98. The van der Waals surface area contributed by atoms with Crippen LogP contribution in [0.5, 0.6) is 0 Å². The van der Waals surface area contributed by atoms with Gasteiger partial charge in [-0.15, -0.1) is 0 Å². The van der Waals surface area contributed by atoms with Gasteiger partial charge in [0.05, 0.1) is 0 Å². The summed E-state index contributed by atoms with van der Waals surface area (Å²) in [5.74, 6) is 0.409. The van der Waals surface area contributed by atoms with E-state index in [2.05, 4.69) is 42.4 Å². The molecule has 98 valence electrons. The van der Waals surface area contributed by atoms with Gasteiger partial charge in [0.1, 0.15) is 6.07 Å². The number of rotatable bonds is 5. The fourth-order valence-corrected chi connectivity index (χ4v) is 2.21. The summed E-state index contributed by atoms with van der Waals surface area (Å²) in [5, 5.41) is 12.4. The molecule has 0 aliphatic carbocycles. The lowest BCUT2D eigenvalue weighted by Crippen LogP contribution is -2.19. The lowest BCUT2D eigenvalue weighted by Gasteiger charge is -2.16. The minimum atomic E-state index is 0.386. The molecule has 0 saturated heterocycles. The Labute approximate surface area is 113 Å². The molecule has 0 spiro atoms. The topological polar surface area (TPSA) is 53.6 Å². The summed E-state index contributed by atoms with van der Waals surface area (Å²) in [5.41, 5.74) is 2.23. The molecule has 19 heavy (non-hydrogen) atoms. The van der Waals surface area contributed by atoms with E-state index in [-0.39, 0.29) is 0 Å². The standard InChI is InChI=1S/C15H18N4/c1-3-14(17-4-2)12-5-7-13(8-6-12)19-10-9-18-15(19)11-16/h5-10,14,17H,3-4H2,1-2H3. The molecule has 0 radical (unpaired) electrons. The molecule has 0 fully saturated rings. The van der Waals surface area contributed by atoms with Crippen molar-refractivity contribution in [2.75, 3.05) is 6.54 Å². The second-order valence-corrected chi connectivity index (χ2v) is 4.34. The van der Waals surface area contributed by atoms with Gasteiger partial charge >= 0.3 is 0 Å². The second kappa shape index (κ2) is 6.17. The lowest BCUT2D eigenvalue weighted by atomic mass is 10.0. The van der Waals surface area contributed by atoms with Crippen LogP contribution in [0.2, 0.25) is 0 Å². The van der Waals surface area contributed by atoms with Crippen LogP contribution >= 0.6 is 0 Å². The van der Waals surface area contributed by atoms with Crippen LogP contribution in [0.15, 0.2) is 36.7 Å². The SMILES string of the molecule is CCNC(CC)c1ccc(-n2ccnc2C#N)cc1. The molecule has 1 atom stereocenters. The molecule has 1 unspecified atom stereocenters. The highest BCUT2D eigenvalue weighted by atomic mass is 15.1. The highest BCUT2D eigenvalue weighted by Gasteiger charge is 2.08. The summed E-state index contributed by atoms with van der Waals surface area (Å²) < 4.78 is 1.79. The van der Waals surface area contributed by atoms with Gasteiger partial charge in [-0.3, -0.25) is 4.57 Å². The molecular weight excluding hydrogens is 236 g/mol. The first-order chi connectivity index (χ1) is 9.30. The van der Waals surface area contributed by atoms with Gasteiger partial charge in [0, 0.05) is 24.1 Å². The van der Waals surface area contributed by atoms with Crippen molar-refractivity contribution in [3.63, 3.8) is 0 Å². The van der Waals surface area contributed by atoms with E-state index in [0.29, 0.717) is 11.9 Å². The third kappa shape index (κ3) is 2.83. The molecule has 0 saturated carbocycles. The number of nitrogens with one attached hydrogen (secondary N) is 1. The van der Waals surface area contributed by atoms with Crippen molar-refractivity contribution >= 4 is 0 Å². The van der Waals surface area contributed by atoms with Crippen LogP contribution in [0.25, 0.3) is 5.69 Å². The first-order valence-corrected chi connectivity index (χ1v) is 6.57. The van der Waals surface area contributed by atoms with Gasteiger partial charge in [0.15, 0.2) is 0 Å². The molecule has 2 rings (SSSR count). The predicted molar refractivity (Wildman–Crippen MR) is 75.0 cm³/mol. The summed E-state index contributed by atoms with van der Waals surface area (Å²) in [6.45, 7) is 5.24. The number of nitriles is 1. The Balaban J connectivity index is 2.26. The molecule has 0 aliphatic rings. The number of nitrogens with zero attached hydrogens (tertiary/aromatic N) is 3. The summed E-state index contributed by atoms with van der Waals surface area (Å²) in [6, 6.07) is 10.7. The summed E-state index contributed by atoms with van der Waals surface area (Å²) in [4.78, 5) is 4.00. The van der Waals surface area contributed by atoms with E-state index in [0.717, 1.165) is 18.7 Å². The molecular formula is C15H18N4. The zero-order valence-corrected chi connectivity index (χ0v) is 11.3. The predicted octanol–water partition coefficient (Wildman–Crippen LogP) is 2.80. The van der Waals surface area contributed by atoms with E-state index in [4.69, 9.17) is 5.26 Å². The molecule has 4 nitrogen and oxygen atoms in total. The number of aromatic nitrogens is 2. The van der Waals surface area contributed by atoms with Crippen LogP contribution < -0.4 is 5.32 Å². The molecule has 1 heterocycles. The van der Waals surface area contributed by atoms with Gasteiger partial charge in [-0.05, 0) is 30.7 Å². The summed E-state index contributed by atoms with van der Waals surface area (Å²) in [7, 11) is 0. The molecule has 4 heteroatoms. The van der Waals surface area contributed by atoms with Gasteiger partial charge in [0.2, 0.25) is 5.82 Å². The Morgan fingerprint density at radius 2 is 2.05 bits per heavy atom. The Hall–Kier alpha value is -2.12. The summed E-state index contributed by atoms with van der Waals surface area (Å²) in [6.07, 6.45) is 4.50. The first kappa shape index (κ1) is 13.3. The fraction of sp³-hybridized carbons (Fsp3) is 0.333. The minimum Gasteiger partial charge on any atom is -0.310 e. The largest absolute Gasteiger partial charge is 0.310 e. The molecule has 0 amide bonds. The minimum absolute atomic E-state index is 0.386. The quantitative estimate of drug-likeness (QED) is 0.892. The first-order valence-electron chi connectivity index (χ1n) is 6.57. The van der Waals surface area contributed by atoms with Gasteiger partial charge in [0.25, 0.3) is 0 Å². The molecule has 0 aliphatic heterocycles. The van der Waals surface area contributed by atoms with Crippen LogP contribution in [0.4, 0.5) is 0 Å². The van der Waals surface area contributed by atoms with Crippen LogP contribution in [-0.2, 0) is 0 Å². The monoisotopic (exact) mass is 254 g/mol. The van der Waals surface area contributed by atoms with Crippen LogP contribution in [-0.4, -0.2) is 16.1 Å². The average molecular weight is 254 g/mol. The van der Waals surface area contributed by atoms with Gasteiger partial charge in [-0.2, -0.15) is 5.26 Å². The average Bonchev–Trinajstić information content (AvgIpc) is 2.93. The van der Waals surface area contributed by atoms with E-state index >= 15 is 0 Å². The Bertz CT molecular complexity index is 563. The van der Waals surface area contributed by atoms with Gasteiger partial charge in [-0.25, -0.2) is 4.98 Å². The van der Waals surface area contributed by atoms with Crippen molar-refractivity contribution in [2.24, 2.45) is 0 Å². The molecule has 2 aromatic rings. The Kier molecular flexibility index (Phi) is 4.32. The van der Waals surface area contributed by atoms with Gasteiger partial charge in [-0.1, -0.05) is 26.0 Å². The van der Waals surface area contributed by atoms with Crippen molar-refractivity contribution in [3.05, 3.63) is 48.0 Å². The number of hydrogen-bond acceptors (Lipinski definition) is 3. The van der Waals surface area contributed by atoms with Crippen LogP contribution in [0.3, 0.4) is 0 Å². The van der Waals surface area contributed by atoms with Gasteiger partial charge < -0.3 is 5.32 Å². The van der Waals surface area contributed by atoms with Crippen molar-refractivity contribution in [2.45, 2.75) is 26.3 Å². The second-order valence-electron chi connectivity index (χ2n) is 4.34. The maximum Gasteiger partial charge on any atom is 0.217 e. The smallest absolute Gasteiger partial charge is 0.217 e. The van der Waals surface area contributed by atoms with Crippen LogP contribution in [0, 0.1) is 11.3 Å². The Morgan fingerprint density at radius 1 is 1.32 bits per heavy atom. The zero-order chi connectivity index (χ0) is 13.7. The third-order valence-corrected chi connectivity index (χ3v) is 3.17. The third-order valence-electron chi connectivity index (χ3n) is 3.17. The number of benzene rings is 1. The van der Waals surface area contributed by atoms with Crippen molar-refractivity contribution < 1.29 is 0 Å². The molecule has 0 bridgehead atoms. The normalized spacial score (nSPS) is 12.1. The highest BCUT2D eigenvalue weighted by Crippen LogP contribution is 2.19. The molecule has 1 aromatic heterocycles. The lowest BCUT2D eigenvalue weighted by molar-refractivity contribution is 0.537. The number of hydrogen-bond donors (Lipinski definition) is 1. The van der Waals surface area contributed by atoms with Crippen molar-refractivity contribution in [1.29, 1.82) is 5.26 Å². The molecule has 1 N–H and O–H groups in total. The van der Waals surface area contributed by atoms with E-state index < -0.39 is 0 Å². The number of imidazole rings is 1. The Morgan fingerprint density at radius 3 is 2.63 bits per heavy atom. The fourth-order valence-electron chi connectivity index (χ4n) is 2.21. The van der Waals surface area contributed by atoms with Crippen molar-refractivity contribution in [1.82, 2.24) is 14.9 Å². The zero-order valence-electron chi connectivity index (χ0n) is 11.3. The molecule has 1 aromatic carbocycles. The van der Waals surface area contributed by atoms with E-state index in [1.54, 1.807) is 17.0 Å². The van der Waals surface area contributed by atoms with Crippen molar-refractivity contribution in [3.8, 4) is 11.8 Å².